The van der Waals surface area contributed by atoms with Crippen LogP contribution in [0, 0.1) is 0 Å². The van der Waals surface area contributed by atoms with Gasteiger partial charge in [0.05, 0.1) is 17.8 Å². The molecule has 20 heavy (non-hydrogen) atoms. The number of aromatic nitrogens is 2. The lowest BCUT2D eigenvalue weighted by molar-refractivity contribution is 0.100. The largest absolute Gasteiger partial charge is 0.382 e. The maximum absolute atomic E-state index is 5.38. The van der Waals surface area contributed by atoms with Crippen molar-refractivity contribution in [1.29, 1.82) is 0 Å². The van der Waals surface area contributed by atoms with E-state index in [1.807, 2.05) is 0 Å². The van der Waals surface area contributed by atoms with Gasteiger partial charge in [0.15, 0.2) is 0 Å². The number of rotatable bonds is 10. The Bertz CT molecular complexity index is 360. The van der Waals surface area contributed by atoms with Gasteiger partial charge in [0.2, 0.25) is 0 Å². The molecule has 0 saturated carbocycles. The third-order valence-corrected chi connectivity index (χ3v) is 3.95. The summed E-state index contributed by atoms with van der Waals surface area (Å²) in [6, 6.07) is 3.11. The number of nitrogens with one attached hydrogen (secondary N) is 1. The number of methoxy groups -OCH3 is 1. The van der Waals surface area contributed by atoms with E-state index in [1.165, 1.54) is 5.69 Å². The van der Waals surface area contributed by atoms with E-state index in [4.69, 9.17) is 9.84 Å². The third-order valence-electron chi connectivity index (χ3n) is 3.95. The van der Waals surface area contributed by atoms with Gasteiger partial charge >= 0.3 is 0 Å². The second-order valence-corrected chi connectivity index (χ2v) is 5.50. The molecule has 0 spiro atoms. The Balaban J connectivity index is 2.64. The molecule has 0 amide bonds. The first-order valence-corrected chi connectivity index (χ1v) is 7.94. The fourth-order valence-electron chi connectivity index (χ4n) is 2.63. The summed E-state index contributed by atoms with van der Waals surface area (Å²) in [6.07, 6.45) is 6.65. The van der Waals surface area contributed by atoms with Crippen LogP contribution in [-0.2, 0) is 11.2 Å². The summed E-state index contributed by atoms with van der Waals surface area (Å²) < 4.78 is 7.50. The zero-order chi connectivity index (χ0) is 15.0. The normalized spacial score (nSPS) is 14.7. The molecule has 1 N–H and O–H groups in total. The second-order valence-electron chi connectivity index (χ2n) is 5.50. The van der Waals surface area contributed by atoms with Crippen LogP contribution < -0.4 is 5.32 Å². The van der Waals surface area contributed by atoms with Crippen LogP contribution in [0.2, 0.25) is 0 Å². The van der Waals surface area contributed by atoms with Gasteiger partial charge in [-0.1, -0.05) is 20.8 Å². The first-order valence-electron chi connectivity index (χ1n) is 7.94. The summed E-state index contributed by atoms with van der Waals surface area (Å²) in [5.74, 6) is 0. The number of likely N-dealkylation sites (N-methyl/N-ethyl adjacent to an activating group) is 1. The molecule has 1 aromatic rings. The van der Waals surface area contributed by atoms with Gasteiger partial charge < -0.3 is 10.1 Å². The lowest BCUT2D eigenvalue weighted by Crippen LogP contribution is -2.34. The minimum atomic E-state index is 0.278. The molecule has 0 fully saturated rings. The molecule has 116 valence electrons. The highest BCUT2D eigenvalue weighted by molar-refractivity contribution is 5.02. The summed E-state index contributed by atoms with van der Waals surface area (Å²) in [6.45, 7) is 9.68. The molecule has 0 aromatic carbocycles. The van der Waals surface area contributed by atoms with Crippen LogP contribution in [0.5, 0.6) is 0 Å². The average Bonchev–Trinajstić information content (AvgIpc) is 2.88. The zero-order valence-electron chi connectivity index (χ0n) is 13.7. The molecule has 2 unspecified atom stereocenters. The highest BCUT2D eigenvalue weighted by atomic mass is 16.5. The molecule has 0 radical (unpaired) electrons. The van der Waals surface area contributed by atoms with Crippen molar-refractivity contribution in [2.45, 2.75) is 71.6 Å². The minimum Gasteiger partial charge on any atom is -0.382 e. The fourth-order valence-corrected chi connectivity index (χ4v) is 2.63. The number of hydrogen-bond donors (Lipinski definition) is 1. The van der Waals surface area contributed by atoms with Crippen LogP contribution in [0.25, 0.3) is 0 Å². The van der Waals surface area contributed by atoms with Crippen molar-refractivity contribution < 1.29 is 4.74 Å². The summed E-state index contributed by atoms with van der Waals surface area (Å²) in [4.78, 5) is 0. The predicted molar refractivity (Wildman–Crippen MR) is 84.1 cm³/mol. The minimum absolute atomic E-state index is 0.278. The third kappa shape index (κ3) is 5.25. The van der Waals surface area contributed by atoms with Gasteiger partial charge in [0, 0.05) is 25.8 Å². The Labute approximate surface area is 123 Å². The van der Waals surface area contributed by atoms with Gasteiger partial charge in [-0.3, -0.25) is 4.68 Å². The van der Waals surface area contributed by atoms with Crippen LogP contribution in [0.15, 0.2) is 12.3 Å². The van der Waals surface area contributed by atoms with E-state index < -0.39 is 0 Å². The van der Waals surface area contributed by atoms with Crippen molar-refractivity contribution in [2.75, 3.05) is 13.7 Å². The number of ether oxygens (including phenoxy) is 1. The van der Waals surface area contributed by atoms with E-state index in [1.54, 1.807) is 7.11 Å². The van der Waals surface area contributed by atoms with Crippen LogP contribution in [-0.4, -0.2) is 35.6 Å². The van der Waals surface area contributed by atoms with Crippen molar-refractivity contribution in [3.8, 4) is 0 Å². The van der Waals surface area contributed by atoms with E-state index in [0.717, 1.165) is 32.2 Å². The topological polar surface area (TPSA) is 39.1 Å². The number of nitrogens with zero attached hydrogens (tertiary/aromatic N) is 2. The van der Waals surface area contributed by atoms with E-state index in [9.17, 15) is 0 Å². The SMILES string of the molecule is CCNC(Cc1ccn(C(CC)CC)n1)CC(C)OC. The van der Waals surface area contributed by atoms with Gasteiger partial charge in [-0.2, -0.15) is 5.10 Å². The molecule has 0 aliphatic carbocycles. The molecule has 4 heteroatoms. The van der Waals surface area contributed by atoms with Gasteiger partial charge in [0.1, 0.15) is 0 Å². The quantitative estimate of drug-likeness (QED) is 0.716. The Kier molecular flexibility index (Phi) is 7.85. The van der Waals surface area contributed by atoms with Crippen LogP contribution >= 0.6 is 0 Å². The van der Waals surface area contributed by atoms with Crippen molar-refractivity contribution in [3.05, 3.63) is 18.0 Å². The summed E-state index contributed by atoms with van der Waals surface area (Å²) in [5.41, 5.74) is 1.17. The first kappa shape index (κ1) is 17.2. The maximum Gasteiger partial charge on any atom is 0.0640 e. The Hall–Kier alpha value is -0.870. The van der Waals surface area contributed by atoms with E-state index in [0.29, 0.717) is 12.1 Å². The second kappa shape index (κ2) is 9.14. The average molecular weight is 281 g/mol. The summed E-state index contributed by atoms with van der Waals surface area (Å²) >= 11 is 0. The highest BCUT2D eigenvalue weighted by Crippen LogP contribution is 2.15. The molecule has 4 nitrogen and oxygen atoms in total. The van der Waals surface area contributed by atoms with Crippen LogP contribution in [0.3, 0.4) is 0 Å². The molecule has 1 heterocycles. The first-order chi connectivity index (χ1) is 9.64. The molecule has 1 rings (SSSR count). The van der Waals surface area contributed by atoms with Crippen molar-refractivity contribution in [1.82, 2.24) is 15.1 Å². The van der Waals surface area contributed by atoms with Gasteiger partial charge in [0.25, 0.3) is 0 Å². The standard InChI is InChI=1S/C16H31N3O/c1-6-16(7-2)19-10-9-14(18-19)12-15(17-8-3)11-13(4)20-5/h9-10,13,15-17H,6-8,11-12H2,1-5H3. The Morgan fingerprint density at radius 1 is 1.30 bits per heavy atom. The van der Waals surface area contributed by atoms with Crippen molar-refractivity contribution >= 4 is 0 Å². The van der Waals surface area contributed by atoms with Crippen molar-refractivity contribution in [2.24, 2.45) is 0 Å². The highest BCUT2D eigenvalue weighted by Gasteiger charge is 2.15. The van der Waals surface area contributed by atoms with E-state index in [-0.39, 0.29) is 6.10 Å². The smallest absolute Gasteiger partial charge is 0.0640 e. The lowest BCUT2D eigenvalue weighted by Gasteiger charge is -2.20. The molecular weight excluding hydrogens is 250 g/mol. The van der Waals surface area contributed by atoms with E-state index in [2.05, 4.69) is 50.0 Å². The monoisotopic (exact) mass is 281 g/mol. The van der Waals surface area contributed by atoms with Gasteiger partial charge in [-0.25, -0.2) is 0 Å². The molecule has 2 atom stereocenters. The maximum atomic E-state index is 5.38. The number of hydrogen-bond acceptors (Lipinski definition) is 3. The fraction of sp³-hybridized carbons (Fsp3) is 0.812. The summed E-state index contributed by atoms with van der Waals surface area (Å²) in [5, 5.41) is 8.28. The predicted octanol–water partition coefficient (Wildman–Crippen LogP) is 3.19. The zero-order valence-corrected chi connectivity index (χ0v) is 13.7. The molecule has 0 bridgehead atoms. The van der Waals surface area contributed by atoms with Crippen molar-refractivity contribution in [3.63, 3.8) is 0 Å². The van der Waals surface area contributed by atoms with Gasteiger partial charge in [-0.05, 0) is 38.8 Å². The molecule has 0 aliphatic rings. The summed E-state index contributed by atoms with van der Waals surface area (Å²) in [7, 11) is 1.77. The van der Waals surface area contributed by atoms with Crippen LogP contribution in [0.4, 0.5) is 0 Å². The molecule has 1 aromatic heterocycles. The lowest BCUT2D eigenvalue weighted by atomic mass is 10.0. The van der Waals surface area contributed by atoms with Crippen LogP contribution in [0.1, 0.15) is 58.7 Å². The Morgan fingerprint density at radius 2 is 2.00 bits per heavy atom. The molecular formula is C16H31N3O. The molecule has 0 saturated heterocycles. The van der Waals surface area contributed by atoms with E-state index >= 15 is 0 Å². The van der Waals surface area contributed by atoms with Gasteiger partial charge in [-0.15, -0.1) is 0 Å². The molecule has 0 aliphatic heterocycles. The Morgan fingerprint density at radius 3 is 2.55 bits per heavy atom.